The average Bonchev–Trinajstić information content (AvgIpc) is 2.81. The third-order valence-corrected chi connectivity index (χ3v) is 4.27. The Morgan fingerprint density at radius 1 is 1.29 bits per heavy atom. The van der Waals surface area contributed by atoms with Crippen LogP contribution in [0.2, 0.25) is 0 Å². The van der Waals surface area contributed by atoms with Crippen LogP contribution < -0.4 is 0 Å². The predicted octanol–water partition coefficient (Wildman–Crippen LogP) is 2.35. The monoisotopic (exact) mass is 245 g/mol. The van der Waals surface area contributed by atoms with Crippen LogP contribution in [0.25, 0.3) is 0 Å². The SMILES string of the molecule is O=C1C=CC2C(=O)CC(c3cccs3)CC2=N1. The van der Waals surface area contributed by atoms with E-state index in [0.29, 0.717) is 6.42 Å². The second-order valence-corrected chi connectivity index (χ2v) is 5.34. The number of nitrogens with zero attached hydrogens (tertiary/aromatic N) is 1. The first-order valence-corrected chi connectivity index (χ1v) is 6.48. The zero-order valence-electron chi connectivity index (χ0n) is 9.13. The molecule has 1 aromatic rings. The standard InChI is InChI=1S/C13H11NO2S/c15-11-7-8(12-2-1-5-17-12)6-10-9(11)3-4-13(16)14-10/h1-5,8-9H,6-7H2. The van der Waals surface area contributed by atoms with Gasteiger partial charge in [0.2, 0.25) is 0 Å². The fourth-order valence-electron chi connectivity index (χ4n) is 2.42. The Labute approximate surface area is 103 Å². The largest absolute Gasteiger partial charge is 0.299 e. The van der Waals surface area contributed by atoms with E-state index in [2.05, 4.69) is 4.99 Å². The van der Waals surface area contributed by atoms with Crippen molar-refractivity contribution in [1.29, 1.82) is 0 Å². The zero-order valence-corrected chi connectivity index (χ0v) is 9.94. The van der Waals surface area contributed by atoms with Crippen LogP contribution in [0.4, 0.5) is 0 Å². The molecule has 2 heterocycles. The van der Waals surface area contributed by atoms with Gasteiger partial charge in [0.15, 0.2) is 0 Å². The van der Waals surface area contributed by atoms with Crippen LogP contribution in [-0.4, -0.2) is 17.4 Å². The molecule has 0 radical (unpaired) electrons. The van der Waals surface area contributed by atoms with Crippen LogP contribution in [0.1, 0.15) is 23.6 Å². The highest BCUT2D eigenvalue weighted by atomic mass is 32.1. The maximum atomic E-state index is 12.0. The molecular formula is C13H11NO2S. The van der Waals surface area contributed by atoms with E-state index in [1.54, 1.807) is 17.4 Å². The lowest BCUT2D eigenvalue weighted by molar-refractivity contribution is -0.120. The van der Waals surface area contributed by atoms with E-state index < -0.39 is 0 Å². The first kappa shape index (κ1) is 10.6. The van der Waals surface area contributed by atoms with Gasteiger partial charge >= 0.3 is 0 Å². The van der Waals surface area contributed by atoms with Crippen molar-refractivity contribution in [3.63, 3.8) is 0 Å². The van der Waals surface area contributed by atoms with Gasteiger partial charge in [-0.05, 0) is 17.9 Å². The Bertz CT molecular complexity index is 528. The number of hydrogen-bond acceptors (Lipinski definition) is 3. The second-order valence-electron chi connectivity index (χ2n) is 4.37. The number of amides is 1. The molecule has 1 aromatic heterocycles. The van der Waals surface area contributed by atoms with Gasteiger partial charge in [-0.1, -0.05) is 12.1 Å². The highest BCUT2D eigenvalue weighted by molar-refractivity contribution is 7.10. The molecule has 0 N–H and O–H groups in total. The van der Waals surface area contributed by atoms with Gasteiger partial charge in [0, 0.05) is 29.0 Å². The summed E-state index contributed by atoms with van der Waals surface area (Å²) in [5.74, 6) is -0.103. The van der Waals surface area contributed by atoms with Gasteiger partial charge in [0.25, 0.3) is 5.91 Å². The minimum Gasteiger partial charge on any atom is -0.299 e. The van der Waals surface area contributed by atoms with E-state index in [9.17, 15) is 9.59 Å². The van der Waals surface area contributed by atoms with E-state index >= 15 is 0 Å². The number of dihydropyridines is 1. The number of carbonyl (C=O) groups is 2. The van der Waals surface area contributed by atoms with Crippen molar-refractivity contribution in [3.05, 3.63) is 34.5 Å². The molecule has 1 aliphatic heterocycles. The molecule has 1 amide bonds. The zero-order chi connectivity index (χ0) is 11.8. The van der Waals surface area contributed by atoms with Crippen LogP contribution in [0.3, 0.4) is 0 Å². The summed E-state index contributed by atoms with van der Waals surface area (Å²) in [6.07, 6.45) is 4.38. The molecule has 3 nitrogen and oxygen atoms in total. The molecule has 1 aliphatic carbocycles. The number of ketones is 1. The lowest BCUT2D eigenvalue weighted by Gasteiger charge is -2.27. The molecule has 3 rings (SSSR count). The fourth-order valence-corrected chi connectivity index (χ4v) is 3.25. The summed E-state index contributed by atoms with van der Waals surface area (Å²) in [4.78, 5) is 28.4. The topological polar surface area (TPSA) is 46.5 Å². The van der Waals surface area contributed by atoms with Crippen molar-refractivity contribution in [1.82, 2.24) is 0 Å². The first-order valence-electron chi connectivity index (χ1n) is 5.60. The number of fused-ring (bicyclic) bond motifs is 1. The summed E-state index contributed by atoms with van der Waals surface area (Å²) in [6, 6.07) is 4.04. The van der Waals surface area contributed by atoms with Crippen LogP contribution in [0.15, 0.2) is 34.7 Å². The molecule has 0 saturated heterocycles. The molecule has 4 heteroatoms. The molecule has 1 fully saturated rings. The van der Waals surface area contributed by atoms with Crippen molar-refractivity contribution in [2.45, 2.75) is 18.8 Å². The maximum absolute atomic E-state index is 12.0. The van der Waals surface area contributed by atoms with Crippen LogP contribution in [0.5, 0.6) is 0 Å². The number of rotatable bonds is 1. The highest BCUT2D eigenvalue weighted by Crippen LogP contribution is 2.35. The van der Waals surface area contributed by atoms with Crippen LogP contribution >= 0.6 is 11.3 Å². The number of carbonyl (C=O) groups excluding carboxylic acids is 2. The predicted molar refractivity (Wildman–Crippen MR) is 66.4 cm³/mol. The quantitative estimate of drug-likeness (QED) is 0.762. The maximum Gasteiger partial charge on any atom is 0.269 e. The third-order valence-electron chi connectivity index (χ3n) is 3.24. The van der Waals surface area contributed by atoms with Crippen molar-refractivity contribution in [2.75, 3.05) is 0 Å². The Kier molecular flexibility index (Phi) is 2.52. The summed E-state index contributed by atoms with van der Waals surface area (Å²) < 4.78 is 0. The lowest BCUT2D eigenvalue weighted by Crippen LogP contribution is -2.33. The minimum atomic E-state index is -0.246. The van der Waals surface area contributed by atoms with Crippen molar-refractivity contribution in [2.24, 2.45) is 10.9 Å². The van der Waals surface area contributed by atoms with Gasteiger partial charge in [0.1, 0.15) is 5.78 Å². The highest BCUT2D eigenvalue weighted by Gasteiger charge is 2.35. The van der Waals surface area contributed by atoms with E-state index in [1.165, 1.54) is 11.0 Å². The molecule has 86 valence electrons. The van der Waals surface area contributed by atoms with Gasteiger partial charge < -0.3 is 0 Å². The minimum absolute atomic E-state index is 0.178. The van der Waals surface area contributed by atoms with Crippen LogP contribution in [0, 0.1) is 5.92 Å². The molecular weight excluding hydrogens is 234 g/mol. The fraction of sp³-hybridized carbons (Fsp3) is 0.308. The molecule has 0 spiro atoms. The number of allylic oxidation sites excluding steroid dienone is 1. The Balaban J connectivity index is 1.90. The number of thiophene rings is 1. The summed E-state index contributed by atoms with van der Waals surface area (Å²) in [5.41, 5.74) is 0.743. The Hall–Kier alpha value is -1.55. The summed E-state index contributed by atoms with van der Waals surface area (Å²) in [7, 11) is 0. The van der Waals surface area contributed by atoms with Gasteiger partial charge in [-0.3, -0.25) is 9.59 Å². The summed E-state index contributed by atoms with van der Waals surface area (Å²) in [6.45, 7) is 0. The van der Waals surface area contributed by atoms with Crippen molar-refractivity contribution < 1.29 is 9.59 Å². The van der Waals surface area contributed by atoms with Gasteiger partial charge in [0.05, 0.1) is 5.92 Å². The van der Waals surface area contributed by atoms with Crippen molar-refractivity contribution >= 4 is 28.7 Å². The number of aliphatic imine (C=N–C) groups is 1. The molecule has 1 saturated carbocycles. The van der Waals surface area contributed by atoms with Crippen molar-refractivity contribution in [3.8, 4) is 0 Å². The average molecular weight is 245 g/mol. The molecule has 2 atom stereocenters. The molecule has 0 bridgehead atoms. The Morgan fingerprint density at radius 3 is 2.94 bits per heavy atom. The molecule has 0 aromatic carbocycles. The summed E-state index contributed by atoms with van der Waals surface area (Å²) in [5, 5.41) is 2.01. The normalized spacial score (nSPS) is 27.9. The molecule has 2 aliphatic rings. The number of Topliss-reactive ketones (excluding diaryl/α,β-unsaturated/α-hetero) is 1. The molecule has 17 heavy (non-hydrogen) atoms. The lowest BCUT2D eigenvalue weighted by atomic mass is 9.78. The second kappa shape index (κ2) is 4.04. The van der Waals surface area contributed by atoms with E-state index in [-0.39, 0.29) is 23.5 Å². The number of hydrogen-bond donors (Lipinski definition) is 0. The first-order chi connectivity index (χ1) is 8.24. The smallest absolute Gasteiger partial charge is 0.269 e. The van der Waals surface area contributed by atoms with E-state index in [0.717, 1.165) is 12.1 Å². The third kappa shape index (κ3) is 1.89. The van der Waals surface area contributed by atoms with E-state index in [1.807, 2.05) is 17.5 Å². The van der Waals surface area contributed by atoms with Gasteiger partial charge in [-0.15, -0.1) is 11.3 Å². The Morgan fingerprint density at radius 2 is 2.18 bits per heavy atom. The molecule has 2 unspecified atom stereocenters. The summed E-state index contributed by atoms with van der Waals surface area (Å²) >= 11 is 1.66. The van der Waals surface area contributed by atoms with Gasteiger partial charge in [-0.2, -0.15) is 0 Å². The van der Waals surface area contributed by atoms with Crippen LogP contribution in [-0.2, 0) is 9.59 Å². The van der Waals surface area contributed by atoms with E-state index in [4.69, 9.17) is 0 Å². The van der Waals surface area contributed by atoms with Gasteiger partial charge in [-0.25, -0.2) is 4.99 Å².